The number of rotatable bonds is 4. The van der Waals surface area contributed by atoms with Crippen LogP contribution >= 0.6 is 0 Å². The molecule has 1 aliphatic carbocycles. The third-order valence-corrected chi connectivity index (χ3v) is 5.78. The molecule has 1 aliphatic heterocycles. The second-order valence-corrected chi connectivity index (χ2v) is 7.95. The van der Waals surface area contributed by atoms with E-state index in [1.165, 1.54) is 11.3 Å². The van der Waals surface area contributed by atoms with E-state index in [0.29, 0.717) is 11.9 Å². The summed E-state index contributed by atoms with van der Waals surface area (Å²) < 4.78 is 5.50. The fourth-order valence-electron chi connectivity index (χ4n) is 4.20. The Hall–Kier alpha value is -3.03. The highest BCUT2D eigenvalue weighted by Crippen LogP contribution is 2.35. The number of nitrogens with zero attached hydrogens (tertiary/aromatic N) is 7. The van der Waals surface area contributed by atoms with Crippen LogP contribution in [0.3, 0.4) is 0 Å². The second kappa shape index (κ2) is 7.42. The van der Waals surface area contributed by atoms with Crippen molar-refractivity contribution in [2.75, 3.05) is 37.0 Å². The van der Waals surface area contributed by atoms with Gasteiger partial charge in [0.05, 0.1) is 0 Å². The number of pyridine rings is 1. The van der Waals surface area contributed by atoms with Crippen LogP contribution < -0.4 is 9.80 Å². The lowest BCUT2D eigenvalue weighted by atomic mass is 9.96. The first-order valence-electron chi connectivity index (χ1n) is 10.3. The fourth-order valence-corrected chi connectivity index (χ4v) is 4.20. The predicted molar refractivity (Wildman–Crippen MR) is 110 cm³/mol. The predicted octanol–water partition coefficient (Wildman–Crippen LogP) is 2.86. The normalized spacial score (nSPS) is 16.8. The molecule has 0 spiro atoms. The van der Waals surface area contributed by atoms with Gasteiger partial charge in [-0.1, -0.05) is 6.07 Å². The highest BCUT2D eigenvalue weighted by atomic mass is 16.5. The highest BCUT2D eigenvalue weighted by Gasteiger charge is 2.29. The topological polar surface area (TPSA) is 84.1 Å². The van der Waals surface area contributed by atoms with Crippen molar-refractivity contribution in [2.24, 2.45) is 0 Å². The molecule has 1 fully saturated rings. The molecule has 1 saturated heterocycles. The van der Waals surface area contributed by atoms with Crippen LogP contribution in [0.4, 0.5) is 11.8 Å². The van der Waals surface area contributed by atoms with Crippen molar-refractivity contribution in [1.82, 2.24) is 25.1 Å². The SMILES string of the molecule is CN(C)c1noc(C2CCN(c3nc(-c4ccccn4)nc4c3CCC4)CC2)n1. The van der Waals surface area contributed by atoms with Crippen LogP contribution in [-0.4, -0.2) is 52.3 Å². The monoisotopic (exact) mass is 391 g/mol. The molecule has 2 aliphatic rings. The zero-order valence-corrected chi connectivity index (χ0v) is 16.9. The van der Waals surface area contributed by atoms with Gasteiger partial charge in [-0.25, -0.2) is 9.97 Å². The van der Waals surface area contributed by atoms with E-state index >= 15 is 0 Å². The van der Waals surface area contributed by atoms with Gasteiger partial charge in [-0.3, -0.25) is 4.98 Å². The molecular weight excluding hydrogens is 366 g/mol. The summed E-state index contributed by atoms with van der Waals surface area (Å²) in [7, 11) is 3.85. The van der Waals surface area contributed by atoms with Gasteiger partial charge in [0.15, 0.2) is 5.82 Å². The number of piperidine rings is 1. The van der Waals surface area contributed by atoms with Gasteiger partial charge in [-0.15, -0.1) is 0 Å². The summed E-state index contributed by atoms with van der Waals surface area (Å²) in [6.45, 7) is 1.85. The molecule has 0 unspecified atom stereocenters. The van der Waals surface area contributed by atoms with Crippen LogP contribution in [0.25, 0.3) is 11.5 Å². The molecule has 0 bridgehead atoms. The molecule has 29 heavy (non-hydrogen) atoms. The third kappa shape index (κ3) is 3.43. The average Bonchev–Trinajstić information content (AvgIpc) is 3.44. The van der Waals surface area contributed by atoms with Crippen LogP contribution in [-0.2, 0) is 12.8 Å². The quantitative estimate of drug-likeness (QED) is 0.671. The van der Waals surface area contributed by atoms with Gasteiger partial charge in [0, 0.05) is 50.6 Å². The van der Waals surface area contributed by atoms with Gasteiger partial charge in [0.25, 0.3) is 5.95 Å². The first kappa shape index (κ1) is 18.0. The maximum absolute atomic E-state index is 5.50. The van der Waals surface area contributed by atoms with E-state index < -0.39 is 0 Å². The maximum Gasteiger partial charge on any atom is 0.265 e. The molecule has 8 nitrogen and oxygen atoms in total. The van der Waals surface area contributed by atoms with E-state index in [1.807, 2.05) is 37.2 Å². The van der Waals surface area contributed by atoms with Crippen molar-refractivity contribution in [3.8, 4) is 11.5 Å². The summed E-state index contributed by atoms with van der Waals surface area (Å²) in [4.78, 5) is 23.0. The lowest BCUT2D eigenvalue weighted by molar-refractivity contribution is 0.329. The molecule has 0 atom stereocenters. The Morgan fingerprint density at radius 1 is 1.07 bits per heavy atom. The molecule has 3 aromatic heterocycles. The van der Waals surface area contributed by atoms with Gasteiger partial charge >= 0.3 is 0 Å². The Morgan fingerprint density at radius 3 is 2.66 bits per heavy atom. The highest BCUT2D eigenvalue weighted by molar-refractivity contribution is 5.59. The molecule has 0 aromatic carbocycles. The molecular formula is C21H25N7O. The molecule has 0 radical (unpaired) electrons. The summed E-state index contributed by atoms with van der Waals surface area (Å²) in [5.41, 5.74) is 3.33. The first-order valence-corrected chi connectivity index (χ1v) is 10.3. The van der Waals surface area contributed by atoms with Gasteiger partial charge in [0.2, 0.25) is 5.89 Å². The standard InChI is InChI=1S/C21H25N7O/c1-27(2)21-25-20(29-26-21)14-9-12-28(13-10-14)19-15-6-5-8-16(15)23-18(24-19)17-7-3-4-11-22-17/h3-4,7,11,14H,5-6,8-10,12-13H2,1-2H3. The maximum atomic E-state index is 5.50. The summed E-state index contributed by atoms with van der Waals surface area (Å²) >= 11 is 0. The van der Waals surface area contributed by atoms with Gasteiger partial charge in [-0.05, 0) is 49.4 Å². The Morgan fingerprint density at radius 2 is 1.93 bits per heavy atom. The molecule has 150 valence electrons. The van der Waals surface area contributed by atoms with E-state index in [9.17, 15) is 0 Å². The van der Waals surface area contributed by atoms with Crippen LogP contribution in [0.2, 0.25) is 0 Å². The lowest BCUT2D eigenvalue weighted by Gasteiger charge is -2.32. The van der Waals surface area contributed by atoms with E-state index in [1.54, 1.807) is 6.20 Å². The summed E-state index contributed by atoms with van der Waals surface area (Å²) in [6, 6.07) is 5.88. The van der Waals surface area contributed by atoms with Gasteiger partial charge in [0.1, 0.15) is 11.5 Å². The van der Waals surface area contributed by atoms with Crippen LogP contribution in [0.15, 0.2) is 28.9 Å². The van der Waals surface area contributed by atoms with Crippen molar-refractivity contribution in [1.29, 1.82) is 0 Å². The smallest absolute Gasteiger partial charge is 0.265 e. The van der Waals surface area contributed by atoms with Crippen molar-refractivity contribution in [3.63, 3.8) is 0 Å². The van der Waals surface area contributed by atoms with Gasteiger partial charge < -0.3 is 14.3 Å². The molecule has 4 heterocycles. The molecule has 0 N–H and O–H groups in total. The number of hydrogen-bond donors (Lipinski definition) is 0. The van der Waals surface area contributed by atoms with E-state index in [2.05, 4.69) is 20.0 Å². The molecule has 3 aromatic rings. The van der Waals surface area contributed by atoms with Crippen LogP contribution in [0.1, 0.15) is 42.3 Å². The van der Waals surface area contributed by atoms with Crippen LogP contribution in [0, 0.1) is 0 Å². The average molecular weight is 391 g/mol. The summed E-state index contributed by atoms with van der Waals surface area (Å²) in [5, 5.41) is 4.06. The Kier molecular flexibility index (Phi) is 4.61. The number of hydrogen-bond acceptors (Lipinski definition) is 8. The number of fused-ring (bicyclic) bond motifs is 1. The summed E-state index contributed by atoms with van der Waals surface area (Å²) in [5.74, 6) is 3.51. The molecule has 8 heteroatoms. The van der Waals surface area contributed by atoms with Crippen LogP contribution in [0.5, 0.6) is 0 Å². The van der Waals surface area contributed by atoms with Crippen molar-refractivity contribution in [2.45, 2.75) is 38.0 Å². The molecule has 0 saturated carbocycles. The lowest BCUT2D eigenvalue weighted by Crippen LogP contribution is -2.34. The Labute approximate surface area is 170 Å². The van der Waals surface area contributed by atoms with E-state index in [0.717, 1.165) is 68.4 Å². The first-order chi connectivity index (χ1) is 14.2. The molecule has 0 amide bonds. The zero-order valence-electron chi connectivity index (χ0n) is 16.9. The Balaban J connectivity index is 1.38. The van der Waals surface area contributed by atoms with E-state index in [-0.39, 0.29) is 0 Å². The third-order valence-electron chi connectivity index (χ3n) is 5.78. The largest absolute Gasteiger partial charge is 0.356 e. The minimum atomic E-state index is 0.303. The number of aromatic nitrogens is 5. The van der Waals surface area contributed by atoms with Crippen molar-refractivity contribution in [3.05, 3.63) is 41.5 Å². The van der Waals surface area contributed by atoms with Gasteiger partial charge in [-0.2, -0.15) is 4.98 Å². The minimum absolute atomic E-state index is 0.303. The molecule has 5 rings (SSSR count). The number of aryl methyl sites for hydroxylation is 1. The van der Waals surface area contributed by atoms with E-state index in [4.69, 9.17) is 14.5 Å². The van der Waals surface area contributed by atoms with Crippen molar-refractivity contribution >= 4 is 11.8 Å². The number of anilines is 2. The second-order valence-electron chi connectivity index (χ2n) is 7.95. The minimum Gasteiger partial charge on any atom is -0.356 e. The summed E-state index contributed by atoms with van der Waals surface area (Å²) in [6.07, 6.45) is 6.98. The Bertz CT molecular complexity index is 994. The zero-order chi connectivity index (χ0) is 19.8. The van der Waals surface area contributed by atoms with Crippen molar-refractivity contribution < 1.29 is 4.52 Å². The fraction of sp³-hybridized carbons (Fsp3) is 0.476.